The predicted molar refractivity (Wildman–Crippen MR) is 98.6 cm³/mol. The number of amides is 1. The van der Waals surface area contributed by atoms with E-state index in [1.54, 1.807) is 0 Å². The Kier molecular flexibility index (Phi) is 4.57. The van der Waals surface area contributed by atoms with Crippen molar-refractivity contribution < 1.29 is 4.79 Å². The molecule has 1 saturated carbocycles. The summed E-state index contributed by atoms with van der Waals surface area (Å²) >= 11 is 0. The van der Waals surface area contributed by atoms with E-state index < -0.39 is 0 Å². The van der Waals surface area contributed by atoms with E-state index in [2.05, 4.69) is 21.4 Å². The third kappa shape index (κ3) is 3.93. The van der Waals surface area contributed by atoms with Crippen LogP contribution >= 0.6 is 0 Å². The molecule has 2 heterocycles. The third-order valence-electron chi connectivity index (χ3n) is 5.18. The van der Waals surface area contributed by atoms with Crippen LogP contribution < -0.4 is 5.32 Å². The number of carbonyl (C=O) groups excluding carboxylic acids is 1. The largest absolute Gasteiger partial charge is 0.307 e. The second-order valence-corrected chi connectivity index (χ2v) is 7.44. The molecule has 1 aromatic carbocycles. The first-order chi connectivity index (χ1) is 12.2. The number of nitrogens with zero attached hydrogens (tertiary/aromatic N) is 3. The second kappa shape index (κ2) is 7.00. The van der Waals surface area contributed by atoms with Gasteiger partial charge in [-0.1, -0.05) is 12.1 Å². The maximum absolute atomic E-state index is 12.7. The number of aromatic nitrogens is 2. The quantitative estimate of drug-likeness (QED) is 0.878. The van der Waals surface area contributed by atoms with E-state index >= 15 is 0 Å². The minimum Gasteiger partial charge on any atom is -0.307 e. The molecule has 0 spiro atoms. The van der Waals surface area contributed by atoms with E-state index in [0.717, 1.165) is 49.0 Å². The van der Waals surface area contributed by atoms with Crippen LogP contribution in [-0.2, 0) is 13.1 Å². The molecule has 0 atom stereocenters. The number of hydrogen-bond acceptors (Lipinski definition) is 3. The zero-order valence-electron chi connectivity index (χ0n) is 14.9. The minimum atomic E-state index is -0.0519. The molecule has 1 aromatic heterocycles. The van der Waals surface area contributed by atoms with Crippen LogP contribution in [0.1, 0.15) is 47.2 Å². The molecule has 2 aliphatic rings. The third-order valence-corrected chi connectivity index (χ3v) is 5.18. The molecule has 0 bridgehead atoms. The molecule has 4 rings (SSSR count). The minimum absolute atomic E-state index is 0.0519. The maximum Gasteiger partial charge on any atom is 0.256 e. The van der Waals surface area contributed by atoms with Crippen molar-refractivity contribution in [3.63, 3.8) is 0 Å². The van der Waals surface area contributed by atoms with Crippen LogP contribution in [0.25, 0.3) is 0 Å². The fourth-order valence-electron chi connectivity index (χ4n) is 3.51. The summed E-state index contributed by atoms with van der Waals surface area (Å²) in [6.45, 7) is 6.15. The molecule has 1 N–H and O–H groups in total. The Morgan fingerprint density at radius 2 is 2.08 bits per heavy atom. The van der Waals surface area contributed by atoms with E-state index in [4.69, 9.17) is 0 Å². The summed E-state index contributed by atoms with van der Waals surface area (Å²) in [5.74, 6) is 1.50. The molecule has 5 heteroatoms. The lowest BCUT2D eigenvalue weighted by Crippen LogP contribution is -2.20. The van der Waals surface area contributed by atoms with Crippen LogP contribution in [0, 0.1) is 12.8 Å². The predicted octanol–water partition coefficient (Wildman–Crippen LogP) is 3.45. The molecule has 1 saturated heterocycles. The Morgan fingerprint density at radius 3 is 2.84 bits per heavy atom. The SMILES string of the molecule is Cc1cnn(CC2CC2)c1NC(=O)c1cccc(CN2CCCC2)c1. The number of nitrogens with one attached hydrogen (secondary N) is 1. The van der Waals surface area contributed by atoms with E-state index in [1.807, 2.05) is 36.0 Å². The molecule has 1 aliphatic heterocycles. The topological polar surface area (TPSA) is 50.2 Å². The number of anilines is 1. The van der Waals surface area contributed by atoms with Crippen molar-refractivity contribution in [1.82, 2.24) is 14.7 Å². The first-order valence-corrected chi connectivity index (χ1v) is 9.34. The normalized spacial score (nSPS) is 17.8. The highest BCUT2D eigenvalue weighted by Crippen LogP contribution is 2.32. The van der Waals surface area contributed by atoms with Crippen LogP contribution in [0.15, 0.2) is 30.5 Å². The highest BCUT2D eigenvalue weighted by atomic mass is 16.1. The van der Waals surface area contributed by atoms with Gasteiger partial charge >= 0.3 is 0 Å². The van der Waals surface area contributed by atoms with Gasteiger partial charge in [0.15, 0.2) is 0 Å². The molecule has 0 radical (unpaired) electrons. The average Bonchev–Trinajstić information content (AvgIpc) is 3.17. The van der Waals surface area contributed by atoms with Gasteiger partial charge < -0.3 is 5.32 Å². The zero-order chi connectivity index (χ0) is 17.2. The number of benzene rings is 1. The summed E-state index contributed by atoms with van der Waals surface area (Å²) in [6, 6.07) is 8.00. The lowest BCUT2D eigenvalue weighted by atomic mass is 10.1. The second-order valence-electron chi connectivity index (χ2n) is 7.44. The lowest BCUT2D eigenvalue weighted by Gasteiger charge is -2.15. The van der Waals surface area contributed by atoms with Gasteiger partial charge in [-0.25, -0.2) is 4.68 Å². The molecule has 0 unspecified atom stereocenters. The summed E-state index contributed by atoms with van der Waals surface area (Å²) in [6.07, 6.45) is 6.94. The van der Waals surface area contributed by atoms with Gasteiger partial charge in [-0.05, 0) is 69.3 Å². The van der Waals surface area contributed by atoms with Crippen LogP contribution in [-0.4, -0.2) is 33.7 Å². The number of aryl methyl sites for hydroxylation is 1. The van der Waals surface area contributed by atoms with E-state index in [9.17, 15) is 4.79 Å². The Morgan fingerprint density at radius 1 is 1.28 bits per heavy atom. The number of hydrogen-bond donors (Lipinski definition) is 1. The molecule has 2 fully saturated rings. The van der Waals surface area contributed by atoms with Gasteiger partial charge in [-0.2, -0.15) is 5.10 Å². The summed E-state index contributed by atoms with van der Waals surface area (Å²) in [5.41, 5.74) is 2.94. The van der Waals surface area contributed by atoms with Gasteiger partial charge in [-0.15, -0.1) is 0 Å². The van der Waals surface area contributed by atoms with E-state index in [0.29, 0.717) is 0 Å². The van der Waals surface area contributed by atoms with Crippen molar-refractivity contribution in [2.75, 3.05) is 18.4 Å². The standard InChI is InChI=1S/C20H26N4O/c1-15-12-21-24(14-16-7-8-16)19(15)22-20(25)18-6-4-5-17(11-18)13-23-9-2-3-10-23/h4-6,11-12,16H,2-3,7-10,13-14H2,1H3,(H,22,25). The van der Waals surface area contributed by atoms with Crippen molar-refractivity contribution >= 4 is 11.7 Å². The van der Waals surface area contributed by atoms with Gasteiger partial charge in [0, 0.05) is 24.2 Å². The molecule has 2 aromatic rings. The molecule has 1 amide bonds. The number of likely N-dealkylation sites (tertiary alicyclic amines) is 1. The van der Waals surface area contributed by atoms with Crippen molar-refractivity contribution in [3.05, 3.63) is 47.2 Å². The Labute approximate surface area is 149 Å². The van der Waals surface area contributed by atoms with Crippen LogP contribution in [0.5, 0.6) is 0 Å². The van der Waals surface area contributed by atoms with Gasteiger partial charge in [0.05, 0.1) is 6.20 Å². The van der Waals surface area contributed by atoms with Gasteiger partial charge in [0.25, 0.3) is 5.91 Å². The zero-order valence-corrected chi connectivity index (χ0v) is 14.9. The van der Waals surface area contributed by atoms with Crippen LogP contribution in [0.3, 0.4) is 0 Å². The summed E-state index contributed by atoms with van der Waals surface area (Å²) in [7, 11) is 0. The smallest absolute Gasteiger partial charge is 0.256 e. The fraction of sp³-hybridized carbons (Fsp3) is 0.500. The van der Waals surface area contributed by atoms with Crippen molar-refractivity contribution in [2.24, 2.45) is 5.92 Å². The average molecular weight is 338 g/mol. The van der Waals surface area contributed by atoms with E-state index in [1.165, 1.54) is 31.2 Å². The Balaban J connectivity index is 1.46. The van der Waals surface area contributed by atoms with Gasteiger partial charge in [0.1, 0.15) is 5.82 Å². The van der Waals surface area contributed by atoms with E-state index in [-0.39, 0.29) is 5.91 Å². The first kappa shape index (κ1) is 16.3. The van der Waals surface area contributed by atoms with Gasteiger partial charge in [0.2, 0.25) is 0 Å². The van der Waals surface area contributed by atoms with Gasteiger partial charge in [-0.3, -0.25) is 9.69 Å². The maximum atomic E-state index is 12.7. The lowest BCUT2D eigenvalue weighted by molar-refractivity contribution is 0.102. The monoisotopic (exact) mass is 338 g/mol. The molecule has 25 heavy (non-hydrogen) atoms. The molecular formula is C20H26N4O. The molecule has 132 valence electrons. The fourth-order valence-corrected chi connectivity index (χ4v) is 3.51. The van der Waals surface area contributed by atoms with Crippen molar-refractivity contribution in [3.8, 4) is 0 Å². The van der Waals surface area contributed by atoms with Crippen LogP contribution in [0.4, 0.5) is 5.82 Å². The summed E-state index contributed by atoms with van der Waals surface area (Å²) < 4.78 is 1.94. The highest BCUT2D eigenvalue weighted by molar-refractivity contribution is 6.04. The van der Waals surface area contributed by atoms with Crippen molar-refractivity contribution in [2.45, 2.75) is 45.7 Å². The Bertz CT molecular complexity index is 757. The number of carbonyl (C=O) groups is 1. The summed E-state index contributed by atoms with van der Waals surface area (Å²) in [4.78, 5) is 15.2. The molecular weight excluding hydrogens is 312 g/mol. The highest BCUT2D eigenvalue weighted by Gasteiger charge is 2.24. The summed E-state index contributed by atoms with van der Waals surface area (Å²) in [5, 5.41) is 7.50. The first-order valence-electron chi connectivity index (χ1n) is 9.34. The number of rotatable bonds is 6. The molecule has 5 nitrogen and oxygen atoms in total. The van der Waals surface area contributed by atoms with Crippen molar-refractivity contribution in [1.29, 1.82) is 0 Å². The van der Waals surface area contributed by atoms with Crippen LogP contribution in [0.2, 0.25) is 0 Å². The Hall–Kier alpha value is -2.14. The molecule has 1 aliphatic carbocycles.